The molecule has 0 aromatic carbocycles. The fourth-order valence-corrected chi connectivity index (χ4v) is 7.31. The minimum atomic E-state index is -1.07. The van der Waals surface area contributed by atoms with Gasteiger partial charge < -0.3 is 4.57 Å². The highest BCUT2D eigenvalue weighted by molar-refractivity contribution is 6.77. The van der Waals surface area contributed by atoms with Crippen LogP contribution in [0.25, 0.3) is 0 Å². The smallest absolute Gasteiger partial charge is 0.131 e. The van der Waals surface area contributed by atoms with E-state index in [4.69, 9.17) is 0 Å². The van der Waals surface area contributed by atoms with Gasteiger partial charge in [0.15, 0.2) is 0 Å². The van der Waals surface area contributed by atoms with Gasteiger partial charge in [-0.25, -0.2) is 0 Å². The topological polar surface area (TPSA) is 3.24 Å². The van der Waals surface area contributed by atoms with Gasteiger partial charge in [0.1, 0.15) is 8.24 Å². The van der Waals surface area contributed by atoms with E-state index in [9.17, 15) is 0 Å². The van der Waals surface area contributed by atoms with Crippen molar-refractivity contribution in [2.75, 3.05) is 13.6 Å². The fraction of sp³-hybridized carbons (Fsp3) is 0.818. The minimum absolute atomic E-state index is 1.07. The molecule has 76 valence electrons. The fourth-order valence-electron chi connectivity index (χ4n) is 2.56. The van der Waals surface area contributed by atoms with E-state index in [0.29, 0.717) is 0 Å². The molecule has 1 aliphatic heterocycles. The summed E-state index contributed by atoms with van der Waals surface area (Å²) in [5, 5.41) is 0. The maximum atomic E-state index is 3.92. The molecule has 0 aromatic heterocycles. The maximum absolute atomic E-state index is 3.92. The summed E-state index contributed by atoms with van der Waals surface area (Å²) < 4.78 is 2.66. The third-order valence-corrected chi connectivity index (χ3v) is 9.15. The molecule has 0 amide bonds. The Bertz CT molecular complexity index is 161. The number of hydrogen-bond donors (Lipinski definition) is 0. The number of allylic oxidation sites excluding steroid dienone is 1. The third-order valence-electron chi connectivity index (χ3n) is 3.59. The first kappa shape index (κ1) is 11.0. The van der Waals surface area contributed by atoms with E-state index in [2.05, 4.69) is 31.2 Å². The van der Waals surface area contributed by atoms with Gasteiger partial charge in [0, 0.05) is 0 Å². The Hall–Kier alpha value is -0.0831. The van der Waals surface area contributed by atoms with Gasteiger partial charge in [-0.15, -0.1) is 6.58 Å². The van der Waals surface area contributed by atoms with Crippen molar-refractivity contribution in [1.29, 1.82) is 0 Å². The van der Waals surface area contributed by atoms with Crippen molar-refractivity contribution < 1.29 is 0 Å². The molecule has 2 heteroatoms. The van der Waals surface area contributed by atoms with Crippen LogP contribution in [0.15, 0.2) is 12.7 Å². The Kier molecular flexibility index (Phi) is 4.20. The van der Waals surface area contributed by atoms with Crippen LogP contribution >= 0.6 is 0 Å². The van der Waals surface area contributed by atoms with E-state index < -0.39 is 8.24 Å². The molecule has 0 saturated carbocycles. The normalized spacial score (nSPS) is 21.8. The molecule has 1 fully saturated rings. The van der Waals surface area contributed by atoms with Crippen LogP contribution in [0.3, 0.4) is 0 Å². The molecule has 0 radical (unpaired) electrons. The van der Waals surface area contributed by atoms with Gasteiger partial charge >= 0.3 is 0 Å². The Morgan fingerprint density at radius 2 is 1.92 bits per heavy atom. The molecule has 1 nitrogen and oxygen atoms in total. The predicted molar refractivity (Wildman–Crippen MR) is 62.5 cm³/mol. The lowest BCUT2D eigenvalue weighted by molar-refractivity contribution is 0.499. The minimum Gasteiger partial charge on any atom is -0.326 e. The van der Waals surface area contributed by atoms with Crippen LogP contribution in [0, 0.1) is 0 Å². The molecule has 0 bridgehead atoms. The molecule has 0 spiro atoms. The summed E-state index contributed by atoms with van der Waals surface area (Å²) >= 11 is 0. The lowest BCUT2D eigenvalue weighted by Gasteiger charge is -2.41. The largest absolute Gasteiger partial charge is 0.326 e. The van der Waals surface area contributed by atoms with Crippen LogP contribution in [-0.4, -0.2) is 26.4 Å². The SMILES string of the molecule is C=CC[Si]1(N(C)CC)CCCCC1. The molecule has 0 N–H and O–H groups in total. The van der Waals surface area contributed by atoms with Gasteiger partial charge in [-0.3, -0.25) is 0 Å². The average Bonchev–Trinajstić information content (AvgIpc) is 2.18. The average molecular weight is 197 g/mol. The van der Waals surface area contributed by atoms with Crippen molar-refractivity contribution in [2.45, 2.75) is 44.3 Å². The summed E-state index contributed by atoms with van der Waals surface area (Å²) in [6.45, 7) is 7.43. The Morgan fingerprint density at radius 3 is 2.38 bits per heavy atom. The molecule has 0 unspecified atom stereocenters. The molecule has 1 saturated heterocycles. The third kappa shape index (κ3) is 2.44. The molecule has 1 aliphatic rings. The predicted octanol–water partition coefficient (Wildman–Crippen LogP) is 3.25. The zero-order chi connectivity index (χ0) is 9.73. The van der Waals surface area contributed by atoms with Crippen LogP contribution in [0.2, 0.25) is 18.1 Å². The van der Waals surface area contributed by atoms with Crippen molar-refractivity contribution in [1.82, 2.24) is 4.57 Å². The van der Waals surface area contributed by atoms with Crippen LogP contribution in [0.1, 0.15) is 26.2 Å². The first-order valence-electron chi connectivity index (χ1n) is 5.57. The van der Waals surface area contributed by atoms with Gasteiger partial charge in [-0.2, -0.15) is 0 Å². The molecule has 0 aliphatic carbocycles. The second-order valence-corrected chi connectivity index (χ2v) is 8.91. The lowest BCUT2D eigenvalue weighted by atomic mass is 10.3. The van der Waals surface area contributed by atoms with Crippen molar-refractivity contribution in [3.05, 3.63) is 12.7 Å². The van der Waals surface area contributed by atoms with Crippen LogP contribution in [0.4, 0.5) is 0 Å². The van der Waals surface area contributed by atoms with E-state index in [-0.39, 0.29) is 0 Å². The van der Waals surface area contributed by atoms with Crippen molar-refractivity contribution >= 4 is 8.24 Å². The zero-order valence-corrected chi connectivity index (χ0v) is 10.2. The Labute approximate surface area is 83.9 Å². The second kappa shape index (κ2) is 4.96. The van der Waals surface area contributed by atoms with E-state index in [0.717, 1.165) is 0 Å². The van der Waals surface area contributed by atoms with Gasteiger partial charge in [-0.05, 0) is 31.7 Å². The van der Waals surface area contributed by atoms with Crippen molar-refractivity contribution in [2.24, 2.45) is 0 Å². The molecular formula is C11H23NSi. The number of nitrogens with zero attached hydrogens (tertiary/aromatic N) is 1. The Balaban J connectivity index is 2.65. The highest BCUT2D eigenvalue weighted by Gasteiger charge is 2.36. The second-order valence-electron chi connectivity index (χ2n) is 4.29. The zero-order valence-electron chi connectivity index (χ0n) is 9.18. The summed E-state index contributed by atoms with van der Waals surface area (Å²) in [7, 11) is 1.25. The summed E-state index contributed by atoms with van der Waals surface area (Å²) in [6.07, 6.45) is 6.54. The van der Waals surface area contributed by atoms with Crippen LogP contribution in [-0.2, 0) is 0 Å². The summed E-state index contributed by atoms with van der Waals surface area (Å²) in [5.74, 6) is 0. The monoisotopic (exact) mass is 197 g/mol. The van der Waals surface area contributed by atoms with Crippen molar-refractivity contribution in [3.63, 3.8) is 0 Å². The van der Waals surface area contributed by atoms with Crippen LogP contribution in [0.5, 0.6) is 0 Å². The van der Waals surface area contributed by atoms with Crippen LogP contribution < -0.4 is 0 Å². The molecule has 1 heterocycles. The van der Waals surface area contributed by atoms with Gasteiger partial charge in [0.05, 0.1) is 0 Å². The first-order valence-corrected chi connectivity index (χ1v) is 8.14. The quantitative estimate of drug-likeness (QED) is 0.494. The summed E-state index contributed by atoms with van der Waals surface area (Å²) in [4.78, 5) is 0. The van der Waals surface area contributed by atoms with Crippen molar-refractivity contribution in [3.8, 4) is 0 Å². The molecule has 0 atom stereocenters. The number of hydrogen-bond acceptors (Lipinski definition) is 1. The van der Waals surface area contributed by atoms with Gasteiger partial charge in [-0.1, -0.05) is 32.3 Å². The van der Waals surface area contributed by atoms with Gasteiger partial charge in [0.2, 0.25) is 0 Å². The molecule has 13 heavy (non-hydrogen) atoms. The Morgan fingerprint density at radius 1 is 1.31 bits per heavy atom. The first-order chi connectivity index (χ1) is 6.25. The van der Waals surface area contributed by atoms with E-state index in [1.807, 2.05) is 0 Å². The summed E-state index contributed by atoms with van der Waals surface area (Å²) in [6, 6.07) is 4.31. The highest BCUT2D eigenvalue weighted by Crippen LogP contribution is 2.33. The molecular weight excluding hydrogens is 174 g/mol. The molecule has 1 rings (SSSR count). The standard InChI is InChI=1S/C11H23NSi/c1-4-9-13(12(3)5-2)10-7-6-8-11-13/h4H,1,5-11H2,2-3H3. The maximum Gasteiger partial charge on any atom is 0.131 e. The van der Waals surface area contributed by atoms with E-state index >= 15 is 0 Å². The lowest BCUT2D eigenvalue weighted by Crippen LogP contribution is -2.52. The summed E-state index contributed by atoms with van der Waals surface area (Å²) in [5.41, 5.74) is 0. The van der Waals surface area contributed by atoms with Gasteiger partial charge in [0.25, 0.3) is 0 Å². The number of rotatable bonds is 4. The van der Waals surface area contributed by atoms with E-state index in [1.54, 1.807) is 0 Å². The van der Waals surface area contributed by atoms with E-state index in [1.165, 1.54) is 43.9 Å². The highest BCUT2D eigenvalue weighted by atomic mass is 28.3. The molecule has 0 aromatic rings.